The van der Waals surface area contributed by atoms with E-state index in [1.165, 1.54) is 7.11 Å². The van der Waals surface area contributed by atoms with E-state index in [1.807, 2.05) is 41.5 Å². The summed E-state index contributed by atoms with van der Waals surface area (Å²) in [5, 5.41) is 0. The van der Waals surface area contributed by atoms with Crippen molar-refractivity contribution >= 4 is 11.9 Å². The lowest BCUT2D eigenvalue weighted by Gasteiger charge is -2.21. The molecule has 0 saturated carbocycles. The summed E-state index contributed by atoms with van der Waals surface area (Å²) in [5.74, 6) is -0.322. The maximum atomic E-state index is 11.6. The Morgan fingerprint density at radius 3 is 1.92 bits per heavy atom. The SMILES string of the molecule is CCC(C)(C)C(=O)OCC1CCCO1.CCC(C)(C)C(=O)OCOC. The van der Waals surface area contributed by atoms with Crippen LogP contribution in [0.25, 0.3) is 0 Å². The van der Waals surface area contributed by atoms with E-state index in [9.17, 15) is 9.59 Å². The van der Waals surface area contributed by atoms with Crippen LogP contribution in [0.4, 0.5) is 0 Å². The lowest BCUT2D eigenvalue weighted by atomic mass is 9.91. The number of rotatable bonds is 8. The zero-order chi connectivity index (χ0) is 19.5. The second-order valence-corrected chi connectivity index (χ2v) is 7.55. The Hall–Kier alpha value is -1.14. The van der Waals surface area contributed by atoms with E-state index in [-0.39, 0.29) is 30.3 Å². The fourth-order valence-corrected chi connectivity index (χ4v) is 1.74. The Kier molecular flexibility index (Phi) is 10.9. The van der Waals surface area contributed by atoms with Gasteiger partial charge in [-0.15, -0.1) is 0 Å². The van der Waals surface area contributed by atoms with Crippen LogP contribution in [0, 0.1) is 10.8 Å². The molecule has 1 saturated heterocycles. The van der Waals surface area contributed by atoms with Gasteiger partial charge in [0.25, 0.3) is 0 Å². The first-order valence-electron chi connectivity index (χ1n) is 9.05. The number of esters is 2. The van der Waals surface area contributed by atoms with Gasteiger partial charge in [0.05, 0.1) is 16.9 Å². The predicted octanol–water partition coefficient (Wildman–Crippen LogP) is 3.71. The van der Waals surface area contributed by atoms with Crippen molar-refractivity contribution in [2.24, 2.45) is 10.8 Å². The second kappa shape index (κ2) is 11.5. The molecule has 1 heterocycles. The van der Waals surface area contributed by atoms with Crippen molar-refractivity contribution in [3.05, 3.63) is 0 Å². The highest BCUT2D eigenvalue weighted by Crippen LogP contribution is 2.22. The number of carbonyl (C=O) groups is 2. The zero-order valence-corrected chi connectivity index (χ0v) is 17.0. The third-order valence-electron chi connectivity index (χ3n) is 4.61. The number of carbonyl (C=O) groups excluding carboxylic acids is 2. The maximum absolute atomic E-state index is 11.6. The van der Waals surface area contributed by atoms with E-state index in [1.54, 1.807) is 0 Å². The Bertz CT molecular complexity index is 397. The fraction of sp³-hybridized carbons (Fsp3) is 0.895. The van der Waals surface area contributed by atoms with Gasteiger partial charge in [0.2, 0.25) is 0 Å². The van der Waals surface area contributed by atoms with Gasteiger partial charge in [-0.25, -0.2) is 0 Å². The summed E-state index contributed by atoms with van der Waals surface area (Å²) in [6.45, 7) is 12.7. The van der Waals surface area contributed by atoms with Gasteiger partial charge in [-0.2, -0.15) is 0 Å². The van der Waals surface area contributed by atoms with E-state index in [0.717, 1.165) is 32.3 Å². The molecule has 1 aliphatic heterocycles. The summed E-state index contributed by atoms with van der Waals surface area (Å²) < 4.78 is 20.0. The van der Waals surface area contributed by atoms with E-state index in [2.05, 4.69) is 4.74 Å². The number of hydrogen-bond donors (Lipinski definition) is 0. The van der Waals surface area contributed by atoms with E-state index in [4.69, 9.17) is 14.2 Å². The Balaban J connectivity index is 0.000000477. The molecule has 6 nitrogen and oxygen atoms in total. The van der Waals surface area contributed by atoms with Crippen LogP contribution in [0.15, 0.2) is 0 Å². The molecule has 0 amide bonds. The molecule has 6 heteroatoms. The maximum Gasteiger partial charge on any atom is 0.313 e. The van der Waals surface area contributed by atoms with Crippen LogP contribution in [0.1, 0.15) is 67.2 Å². The summed E-state index contributed by atoms with van der Waals surface area (Å²) in [5.41, 5.74) is -0.753. The predicted molar refractivity (Wildman–Crippen MR) is 96.0 cm³/mol. The molecule has 1 aliphatic rings. The molecule has 1 unspecified atom stereocenters. The Labute approximate surface area is 152 Å². The molecule has 0 aromatic heterocycles. The van der Waals surface area contributed by atoms with Gasteiger partial charge >= 0.3 is 11.9 Å². The van der Waals surface area contributed by atoms with E-state index < -0.39 is 5.41 Å². The lowest BCUT2D eigenvalue weighted by Crippen LogP contribution is -2.28. The first-order valence-corrected chi connectivity index (χ1v) is 9.05. The van der Waals surface area contributed by atoms with Gasteiger partial charge in [0.1, 0.15) is 6.61 Å². The van der Waals surface area contributed by atoms with E-state index >= 15 is 0 Å². The van der Waals surface area contributed by atoms with Gasteiger partial charge in [0.15, 0.2) is 6.79 Å². The largest absolute Gasteiger partial charge is 0.463 e. The molecule has 0 radical (unpaired) electrons. The van der Waals surface area contributed by atoms with Crippen LogP contribution in [-0.4, -0.2) is 45.2 Å². The fourth-order valence-electron chi connectivity index (χ4n) is 1.74. The van der Waals surface area contributed by atoms with Crippen LogP contribution in [0.5, 0.6) is 0 Å². The van der Waals surface area contributed by atoms with Crippen LogP contribution in [0.2, 0.25) is 0 Å². The Morgan fingerprint density at radius 2 is 1.52 bits per heavy atom. The summed E-state index contributed by atoms with van der Waals surface area (Å²) >= 11 is 0. The van der Waals surface area contributed by atoms with Gasteiger partial charge < -0.3 is 18.9 Å². The number of ether oxygens (including phenoxy) is 4. The Morgan fingerprint density at radius 1 is 1.00 bits per heavy atom. The third-order valence-corrected chi connectivity index (χ3v) is 4.61. The van der Waals surface area contributed by atoms with Gasteiger partial charge in [-0.1, -0.05) is 13.8 Å². The third kappa shape index (κ3) is 9.21. The molecule has 0 aromatic carbocycles. The number of methoxy groups -OCH3 is 1. The minimum absolute atomic E-state index is 0.0439. The van der Waals surface area contributed by atoms with E-state index in [0.29, 0.717) is 6.61 Å². The molecule has 148 valence electrons. The molecule has 0 aromatic rings. The van der Waals surface area contributed by atoms with Gasteiger partial charge in [0, 0.05) is 13.7 Å². The molecule has 0 bridgehead atoms. The molecule has 0 spiro atoms. The van der Waals surface area contributed by atoms with Crippen LogP contribution in [-0.2, 0) is 28.5 Å². The summed E-state index contributed by atoms with van der Waals surface area (Å²) in [4.78, 5) is 22.7. The number of hydrogen-bond acceptors (Lipinski definition) is 6. The smallest absolute Gasteiger partial charge is 0.313 e. The molecule has 0 N–H and O–H groups in total. The average Bonchev–Trinajstić information content (AvgIpc) is 3.11. The minimum atomic E-state index is -0.390. The average molecular weight is 360 g/mol. The van der Waals surface area contributed by atoms with Crippen molar-refractivity contribution in [3.63, 3.8) is 0 Å². The van der Waals surface area contributed by atoms with Crippen molar-refractivity contribution in [1.29, 1.82) is 0 Å². The first kappa shape index (κ1) is 23.9. The highest BCUT2D eigenvalue weighted by molar-refractivity contribution is 5.76. The van der Waals surface area contributed by atoms with Crippen LogP contribution in [0.3, 0.4) is 0 Å². The first-order chi connectivity index (χ1) is 11.6. The molecule has 0 aliphatic carbocycles. The quantitative estimate of drug-likeness (QED) is 0.485. The molecule has 1 atom stereocenters. The molecule has 1 rings (SSSR count). The van der Waals surface area contributed by atoms with Crippen molar-refractivity contribution in [1.82, 2.24) is 0 Å². The molecule has 1 fully saturated rings. The van der Waals surface area contributed by atoms with Gasteiger partial charge in [-0.05, 0) is 53.4 Å². The molecule has 25 heavy (non-hydrogen) atoms. The lowest BCUT2D eigenvalue weighted by molar-refractivity contribution is -0.164. The van der Waals surface area contributed by atoms with Gasteiger partial charge in [-0.3, -0.25) is 9.59 Å². The van der Waals surface area contributed by atoms with Crippen LogP contribution < -0.4 is 0 Å². The normalized spacial score (nSPS) is 17.5. The van der Waals surface area contributed by atoms with Crippen molar-refractivity contribution in [2.75, 3.05) is 27.1 Å². The summed E-state index contributed by atoms with van der Waals surface area (Å²) in [7, 11) is 1.49. The highest BCUT2D eigenvalue weighted by atomic mass is 16.7. The van der Waals surface area contributed by atoms with Crippen molar-refractivity contribution < 1.29 is 28.5 Å². The zero-order valence-electron chi connectivity index (χ0n) is 17.0. The topological polar surface area (TPSA) is 71.1 Å². The summed E-state index contributed by atoms with van der Waals surface area (Å²) in [6.07, 6.45) is 3.80. The highest BCUT2D eigenvalue weighted by Gasteiger charge is 2.28. The monoisotopic (exact) mass is 360 g/mol. The molecular formula is C19H36O6. The van der Waals surface area contributed by atoms with Crippen LogP contribution >= 0.6 is 0 Å². The minimum Gasteiger partial charge on any atom is -0.463 e. The summed E-state index contributed by atoms with van der Waals surface area (Å²) in [6, 6.07) is 0. The van der Waals surface area contributed by atoms with Crippen molar-refractivity contribution in [2.45, 2.75) is 73.3 Å². The standard InChI is InChI=1S/C11H20O3.C8H16O3/c1-4-11(2,3)10(12)14-8-9-6-5-7-13-9;1-5-8(2,3)7(9)11-6-10-4/h9H,4-8H2,1-3H3;5-6H2,1-4H3. The van der Waals surface area contributed by atoms with Crippen molar-refractivity contribution in [3.8, 4) is 0 Å². The molecular weight excluding hydrogens is 324 g/mol. The second-order valence-electron chi connectivity index (χ2n) is 7.55.